The minimum absolute atomic E-state index is 0.0222. The van der Waals surface area contributed by atoms with Crippen LogP contribution in [0.5, 0.6) is 0 Å². The Kier molecular flexibility index (Phi) is 27.0. The highest BCUT2D eigenvalue weighted by Crippen LogP contribution is 2.34. The molecule has 4 fully saturated rings. The lowest BCUT2D eigenvalue weighted by atomic mass is 10.1. The molecule has 0 spiro atoms. The molecule has 0 bridgehead atoms. The SMILES string of the molecule is C#CCN1CC(F)N(CC#N)CC1C(F)(F)F.C#CCN1CN(CC#N)C(C)N(C#N)C1C.CC1N(CC#N)CN(CC#N)C(C(F)(F)F)N1C#N.CCC1N(C#N)C(CC)N(CC#N)C(CC)N1CC#N. The molecule has 0 N–H and O–H groups in total. The summed E-state index contributed by atoms with van der Waals surface area (Å²) < 4.78 is 90.6. The second kappa shape index (κ2) is 30.8. The lowest BCUT2D eigenvalue weighted by Gasteiger charge is -2.54. The lowest BCUT2D eigenvalue weighted by molar-refractivity contribution is -0.251. The molecule has 4 aliphatic rings. The highest BCUT2D eigenvalue weighted by molar-refractivity contribution is 5.02. The first-order valence-electron chi connectivity index (χ1n) is 22.5. The Morgan fingerprint density at radius 2 is 0.806 bits per heavy atom. The van der Waals surface area contributed by atoms with E-state index in [1.165, 1.54) is 18.0 Å². The summed E-state index contributed by atoms with van der Waals surface area (Å²) in [5.41, 5.74) is 0. The van der Waals surface area contributed by atoms with Crippen LogP contribution < -0.4 is 0 Å². The Bertz CT molecular complexity index is 2130. The van der Waals surface area contributed by atoms with Crippen molar-refractivity contribution in [1.82, 2.24) is 53.9 Å². The first-order chi connectivity index (χ1) is 34.1. The van der Waals surface area contributed by atoms with Gasteiger partial charge in [0, 0.05) is 13.1 Å². The second-order valence-electron chi connectivity index (χ2n) is 16.3. The van der Waals surface area contributed by atoms with E-state index in [1.807, 2.05) is 53.4 Å². The van der Waals surface area contributed by atoms with Crippen LogP contribution in [0.1, 0.15) is 60.8 Å². The first kappa shape index (κ1) is 63.1. The average molecular weight is 1010 g/mol. The molecule has 0 saturated carbocycles. The summed E-state index contributed by atoms with van der Waals surface area (Å²) in [6, 6.07) is 9.77. The van der Waals surface area contributed by atoms with Gasteiger partial charge >= 0.3 is 12.4 Å². The minimum Gasteiger partial charge on any atom is -0.278 e. The normalized spacial score (nSPS) is 26.8. The Morgan fingerprint density at radius 3 is 1.17 bits per heavy atom. The Balaban J connectivity index is 0.000000482. The summed E-state index contributed by atoms with van der Waals surface area (Å²) >= 11 is 0. The summed E-state index contributed by atoms with van der Waals surface area (Å²) in [5.74, 6) is 4.65. The van der Waals surface area contributed by atoms with E-state index < -0.39 is 56.7 Å². The standard InChI is InChI=1S/C14H22N6.C11H15N5.C10H11F4N3.C10H11F3N6/c1-4-12-18(9-7-15)13(5-2)20(11-17)14(6-3)19(12)10-8-16;1-4-6-14-9-15(7-5-12)11(3)16(8-13)10(14)2;1-2-4-16-7-9(11)17(5-3-15)6-8(16)10(12,13)14;1-8-17(4-2-14)7-18(5-3-15)9(10(11,12)13)19(8)6-16/h12-14H,4-6,9-10H2,1-3H3;1,10-11H,6-7,9H2,2-3H3;1,8-9H,4-7H2;8-9H,4-5,7H2,1H3. The molecule has 388 valence electrons. The fraction of sp³-hybridized carbons (Fsp3) is 0.711. The number of hydrogen-bond acceptors (Lipinski definition) is 20. The van der Waals surface area contributed by atoms with Gasteiger partial charge in [0.2, 0.25) is 0 Å². The maximum Gasteiger partial charge on any atom is 0.423 e. The molecule has 0 amide bonds. The van der Waals surface area contributed by atoms with Crippen LogP contribution in [-0.2, 0) is 0 Å². The molecule has 4 rings (SSSR count). The average Bonchev–Trinajstić information content (AvgIpc) is 3.32. The number of hydrogen-bond donors (Lipinski definition) is 0. The van der Waals surface area contributed by atoms with Crippen molar-refractivity contribution in [2.75, 3.05) is 78.8 Å². The van der Waals surface area contributed by atoms with Gasteiger partial charge in [-0.15, -0.1) is 12.8 Å². The maximum absolute atomic E-state index is 13.5. The van der Waals surface area contributed by atoms with Gasteiger partial charge in [-0.1, -0.05) is 32.6 Å². The van der Waals surface area contributed by atoms with Crippen molar-refractivity contribution in [2.24, 2.45) is 0 Å². The van der Waals surface area contributed by atoms with E-state index in [4.69, 9.17) is 54.9 Å². The van der Waals surface area contributed by atoms with E-state index in [0.717, 1.165) is 34.0 Å². The van der Waals surface area contributed by atoms with Crippen LogP contribution in [0.15, 0.2) is 0 Å². The smallest absolute Gasteiger partial charge is 0.278 e. The van der Waals surface area contributed by atoms with Gasteiger partial charge in [0.1, 0.15) is 6.04 Å². The van der Waals surface area contributed by atoms with Crippen molar-refractivity contribution in [3.63, 3.8) is 0 Å². The lowest BCUT2D eigenvalue weighted by Crippen LogP contribution is -2.69. The number of alkyl halides is 7. The summed E-state index contributed by atoms with van der Waals surface area (Å²) in [4.78, 5) is 15.9. The maximum atomic E-state index is 13.5. The molecular weight excluding hydrogens is 954 g/mol. The van der Waals surface area contributed by atoms with Crippen LogP contribution in [0.4, 0.5) is 30.7 Å². The van der Waals surface area contributed by atoms with Crippen molar-refractivity contribution in [3.05, 3.63) is 0 Å². The van der Waals surface area contributed by atoms with Crippen molar-refractivity contribution in [3.8, 4) is 79.7 Å². The van der Waals surface area contributed by atoms with E-state index in [1.54, 1.807) is 21.9 Å². The third-order valence-corrected chi connectivity index (χ3v) is 12.2. The zero-order valence-corrected chi connectivity index (χ0v) is 41.0. The number of terminal acetylenes is 2. The minimum atomic E-state index is -4.65. The predicted octanol–water partition coefficient (Wildman–Crippen LogP) is 3.45. The van der Waals surface area contributed by atoms with Crippen LogP contribution in [0, 0.1) is 127 Å². The largest absolute Gasteiger partial charge is 0.423 e. The van der Waals surface area contributed by atoms with Crippen molar-refractivity contribution in [2.45, 2.75) is 129 Å². The molecule has 4 heterocycles. The van der Waals surface area contributed by atoms with Crippen molar-refractivity contribution in [1.29, 1.82) is 47.4 Å². The van der Waals surface area contributed by atoms with Gasteiger partial charge in [-0.25, -0.2) is 9.29 Å². The number of piperazine rings is 1. The van der Waals surface area contributed by atoms with Gasteiger partial charge in [0.15, 0.2) is 31.0 Å². The number of rotatable bonds is 11. The fourth-order valence-electron chi connectivity index (χ4n) is 8.76. The quantitative estimate of drug-likeness (QED) is 0.0945. The summed E-state index contributed by atoms with van der Waals surface area (Å²) in [6.45, 7) is 10.9. The summed E-state index contributed by atoms with van der Waals surface area (Å²) in [7, 11) is 0. The zero-order chi connectivity index (χ0) is 54.9. The van der Waals surface area contributed by atoms with Gasteiger partial charge in [-0.05, 0) is 40.0 Å². The molecule has 8 atom stereocenters. The molecule has 0 aromatic carbocycles. The van der Waals surface area contributed by atoms with Crippen LogP contribution >= 0.6 is 0 Å². The van der Waals surface area contributed by atoms with Gasteiger partial charge in [-0.2, -0.15) is 73.7 Å². The third kappa shape index (κ3) is 16.6. The zero-order valence-electron chi connectivity index (χ0n) is 41.0. The molecule has 0 aliphatic carbocycles. The molecule has 4 aliphatic heterocycles. The van der Waals surface area contributed by atoms with E-state index in [2.05, 4.69) is 49.4 Å². The van der Waals surface area contributed by atoms with Crippen LogP contribution in [0.25, 0.3) is 0 Å². The first-order valence-corrected chi connectivity index (χ1v) is 22.5. The summed E-state index contributed by atoms with van der Waals surface area (Å²) in [6.07, 6.45) is 4.64. The van der Waals surface area contributed by atoms with Gasteiger partial charge < -0.3 is 0 Å². The molecule has 4 saturated heterocycles. The molecule has 0 aromatic heterocycles. The van der Waals surface area contributed by atoms with E-state index >= 15 is 0 Å². The van der Waals surface area contributed by atoms with Gasteiger partial charge in [-0.3, -0.25) is 49.0 Å². The van der Waals surface area contributed by atoms with Crippen LogP contribution in [0.2, 0.25) is 0 Å². The third-order valence-electron chi connectivity index (χ3n) is 12.2. The Morgan fingerprint density at radius 1 is 0.444 bits per heavy atom. The Hall–Kier alpha value is -6.88. The molecule has 8 unspecified atom stereocenters. The number of halogens is 7. The van der Waals surface area contributed by atoms with Crippen molar-refractivity contribution >= 4 is 0 Å². The fourth-order valence-corrected chi connectivity index (χ4v) is 8.76. The van der Waals surface area contributed by atoms with Gasteiger partial charge in [0.05, 0.1) is 139 Å². The van der Waals surface area contributed by atoms with Crippen LogP contribution in [-0.4, -0.2) is 201 Å². The van der Waals surface area contributed by atoms with E-state index in [9.17, 15) is 36.0 Å². The Labute approximate surface area is 418 Å². The topological polar surface area (TPSA) is 250 Å². The second-order valence-corrected chi connectivity index (χ2v) is 16.3. The van der Waals surface area contributed by atoms with E-state index in [-0.39, 0.29) is 70.2 Å². The highest BCUT2D eigenvalue weighted by atomic mass is 19.4. The molecule has 72 heavy (non-hydrogen) atoms. The molecule has 20 nitrogen and oxygen atoms in total. The van der Waals surface area contributed by atoms with Crippen molar-refractivity contribution < 1.29 is 30.7 Å². The van der Waals surface area contributed by atoms with Gasteiger partial charge in [0.25, 0.3) is 0 Å². The number of nitrogens with zero attached hydrogens (tertiary/aromatic N) is 20. The molecule has 0 radical (unpaired) electrons. The molecule has 27 heteroatoms. The highest BCUT2D eigenvalue weighted by Gasteiger charge is 2.53. The predicted molar refractivity (Wildman–Crippen MR) is 242 cm³/mol. The van der Waals surface area contributed by atoms with Crippen LogP contribution in [0.3, 0.4) is 0 Å². The van der Waals surface area contributed by atoms with E-state index in [0.29, 0.717) is 24.7 Å². The summed E-state index contributed by atoms with van der Waals surface area (Å²) in [5, 5.41) is 80.0. The molecule has 0 aromatic rings. The molecular formula is C45H59F7N20. The number of nitriles is 9. The monoisotopic (exact) mass is 1010 g/mol.